The Labute approximate surface area is 144 Å². The van der Waals surface area contributed by atoms with Crippen LogP contribution in [-0.2, 0) is 4.79 Å². The van der Waals surface area contributed by atoms with Crippen LogP contribution in [0.5, 0.6) is 0 Å². The largest absolute Gasteiger partial charge is 0.350 e. The third-order valence-electron chi connectivity index (χ3n) is 3.28. The first-order valence-electron chi connectivity index (χ1n) is 7.66. The standard InChI is InChI=1S/C18H18FN3O3/c1-12(23)22-14-8-6-13(7-9-14)17(24)20-10-11-21-18(25)15-4-2-3-5-16(15)19/h2-9H,10-11H2,1H3,(H,20,24)(H,21,25)(H,22,23). The number of hydrogen-bond acceptors (Lipinski definition) is 3. The molecule has 6 nitrogen and oxygen atoms in total. The van der Waals surface area contributed by atoms with Crippen LogP contribution in [-0.4, -0.2) is 30.8 Å². The molecule has 2 aromatic rings. The van der Waals surface area contributed by atoms with Gasteiger partial charge in [0.1, 0.15) is 5.82 Å². The fourth-order valence-corrected chi connectivity index (χ4v) is 2.10. The maximum absolute atomic E-state index is 13.5. The van der Waals surface area contributed by atoms with Crippen molar-refractivity contribution in [3.05, 3.63) is 65.5 Å². The molecule has 0 aromatic heterocycles. The van der Waals surface area contributed by atoms with Gasteiger partial charge in [0.2, 0.25) is 5.91 Å². The molecule has 0 aliphatic heterocycles. The van der Waals surface area contributed by atoms with Gasteiger partial charge in [0.25, 0.3) is 11.8 Å². The molecule has 0 heterocycles. The van der Waals surface area contributed by atoms with E-state index in [0.717, 1.165) is 0 Å². The summed E-state index contributed by atoms with van der Waals surface area (Å²) in [6.45, 7) is 1.77. The number of nitrogens with one attached hydrogen (secondary N) is 3. The zero-order valence-corrected chi connectivity index (χ0v) is 13.6. The van der Waals surface area contributed by atoms with E-state index in [1.54, 1.807) is 30.3 Å². The van der Waals surface area contributed by atoms with Gasteiger partial charge in [-0.15, -0.1) is 0 Å². The highest BCUT2D eigenvalue weighted by Crippen LogP contribution is 2.09. The minimum absolute atomic E-state index is 0.0395. The third kappa shape index (κ3) is 5.42. The molecular formula is C18H18FN3O3. The summed E-state index contributed by atoms with van der Waals surface area (Å²) < 4.78 is 13.5. The first-order chi connectivity index (χ1) is 12.0. The van der Waals surface area contributed by atoms with Crippen LogP contribution in [0.3, 0.4) is 0 Å². The minimum atomic E-state index is -0.594. The smallest absolute Gasteiger partial charge is 0.254 e. The average Bonchev–Trinajstić information content (AvgIpc) is 2.59. The molecule has 0 saturated heterocycles. The van der Waals surface area contributed by atoms with E-state index >= 15 is 0 Å². The van der Waals surface area contributed by atoms with Crippen LogP contribution in [0, 0.1) is 5.82 Å². The molecule has 25 heavy (non-hydrogen) atoms. The van der Waals surface area contributed by atoms with Gasteiger partial charge in [0.15, 0.2) is 0 Å². The van der Waals surface area contributed by atoms with E-state index in [9.17, 15) is 18.8 Å². The maximum Gasteiger partial charge on any atom is 0.254 e. The monoisotopic (exact) mass is 343 g/mol. The highest BCUT2D eigenvalue weighted by molar-refractivity contribution is 5.96. The number of halogens is 1. The molecule has 3 amide bonds. The van der Waals surface area contributed by atoms with Crippen molar-refractivity contribution in [3.8, 4) is 0 Å². The zero-order valence-electron chi connectivity index (χ0n) is 13.6. The number of carbonyl (C=O) groups is 3. The normalized spacial score (nSPS) is 10.0. The van der Waals surface area contributed by atoms with Gasteiger partial charge in [0, 0.05) is 31.3 Å². The summed E-state index contributed by atoms with van der Waals surface area (Å²) in [4.78, 5) is 34.7. The molecule has 7 heteroatoms. The third-order valence-corrected chi connectivity index (χ3v) is 3.28. The van der Waals surface area contributed by atoms with Crippen LogP contribution in [0.15, 0.2) is 48.5 Å². The van der Waals surface area contributed by atoms with E-state index in [0.29, 0.717) is 11.3 Å². The average molecular weight is 343 g/mol. The summed E-state index contributed by atoms with van der Waals surface area (Å²) in [5.41, 5.74) is 0.984. The Kier molecular flexibility index (Phi) is 6.22. The molecule has 0 spiro atoms. The second-order valence-electron chi connectivity index (χ2n) is 5.25. The van der Waals surface area contributed by atoms with Gasteiger partial charge in [-0.2, -0.15) is 0 Å². The molecule has 0 radical (unpaired) electrons. The van der Waals surface area contributed by atoms with Gasteiger partial charge in [-0.3, -0.25) is 14.4 Å². The second-order valence-corrected chi connectivity index (χ2v) is 5.25. The van der Waals surface area contributed by atoms with E-state index in [1.165, 1.54) is 25.1 Å². The summed E-state index contributed by atoms with van der Waals surface area (Å²) in [7, 11) is 0. The Balaban J connectivity index is 1.78. The van der Waals surface area contributed by atoms with Crippen molar-refractivity contribution in [1.29, 1.82) is 0 Å². The van der Waals surface area contributed by atoms with E-state index < -0.39 is 11.7 Å². The van der Waals surface area contributed by atoms with Crippen molar-refractivity contribution in [2.45, 2.75) is 6.92 Å². The lowest BCUT2D eigenvalue weighted by molar-refractivity contribution is -0.114. The lowest BCUT2D eigenvalue weighted by Gasteiger charge is -2.08. The quantitative estimate of drug-likeness (QED) is 0.701. The van der Waals surface area contributed by atoms with Crippen molar-refractivity contribution < 1.29 is 18.8 Å². The van der Waals surface area contributed by atoms with Crippen LogP contribution in [0.1, 0.15) is 27.6 Å². The minimum Gasteiger partial charge on any atom is -0.350 e. The summed E-state index contributed by atoms with van der Waals surface area (Å²) in [6.07, 6.45) is 0. The molecule has 2 rings (SSSR count). The second kappa shape index (κ2) is 8.58. The molecule has 130 valence electrons. The lowest BCUT2D eigenvalue weighted by atomic mass is 10.2. The predicted molar refractivity (Wildman–Crippen MR) is 91.8 cm³/mol. The van der Waals surface area contributed by atoms with E-state index in [4.69, 9.17) is 0 Å². The van der Waals surface area contributed by atoms with Crippen LogP contribution in [0.25, 0.3) is 0 Å². The number of rotatable bonds is 6. The molecule has 0 atom stereocenters. The van der Waals surface area contributed by atoms with E-state index in [2.05, 4.69) is 16.0 Å². The molecular weight excluding hydrogens is 325 g/mol. The molecule has 0 unspecified atom stereocenters. The maximum atomic E-state index is 13.5. The first-order valence-corrected chi connectivity index (χ1v) is 7.66. The Morgan fingerprint density at radius 2 is 1.48 bits per heavy atom. The van der Waals surface area contributed by atoms with Gasteiger partial charge in [-0.05, 0) is 36.4 Å². The van der Waals surface area contributed by atoms with E-state index in [1.807, 2.05) is 0 Å². The molecule has 0 saturated carbocycles. The molecule has 0 bridgehead atoms. The van der Waals surface area contributed by atoms with Crippen molar-refractivity contribution in [3.63, 3.8) is 0 Å². The molecule has 0 aliphatic rings. The van der Waals surface area contributed by atoms with Crippen molar-refractivity contribution >= 4 is 23.4 Å². The van der Waals surface area contributed by atoms with Crippen LogP contribution in [0.2, 0.25) is 0 Å². The predicted octanol–water partition coefficient (Wildman–Crippen LogP) is 1.94. The SMILES string of the molecule is CC(=O)Nc1ccc(C(=O)NCCNC(=O)c2ccccc2F)cc1. The fraction of sp³-hybridized carbons (Fsp3) is 0.167. The lowest BCUT2D eigenvalue weighted by Crippen LogP contribution is -2.35. The number of anilines is 1. The van der Waals surface area contributed by atoms with E-state index in [-0.39, 0.29) is 30.5 Å². The van der Waals surface area contributed by atoms with Gasteiger partial charge in [0.05, 0.1) is 5.56 Å². The summed E-state index contributed by atoms with van der Waals surface area (Å²) in [5, 5.41) is 7.79. The Hall–Kier alpha value is -3.22. The fourth-order valence-electron chi connectivity index (χ4n) is 2.10. The van der Waals surface area contributed by atoms with Crippen LogP contribution < -0.4 is 16.0 Å². The summed E-state index contributed by atoms with van der Waals surface area (Å²) in [6, 6.07) is 12.1. The Morgan fingerprint density at radius 1 is 0.880 bits per heavy atom. The first kappa shape index (κ1) is 18.1. The van der Waals surface area contributed by atoms with Gasteiger partial charge >= 0.3 is 0 Å². The number of amides is 3. The molecule has 2 aromatic carbocycles. The van der Waals surface area contributed by atoms with Crippen LogP contribution >= 0.6 is 0 Å². The highest BCUT2D eigenvalue weighted by atomic mass is 19.1. The van der Waals surface area contributed by atoms with Gasteiger partial charge in [-0.25, -0.2) is 4.39 Å². The Bertz CT molecular complexity index is 775. The molecule has 0 fully saturated rings. The molecule has 3 N–H and O–H groups in total. The van der Waals surface area contributed by atoms with Crippen molar-refractivity contribution in [2.75, 3.05) is 18.4 Å². The number of hydrogen-bond donors (Lipinski definition) is 3. The van der Waals surface area contributed by atoms with Crippen molar-refractivity contribution in [2.24, 2.45) is 0 Å². The Morgan fingerprint density at radius 3 is 2.08 bits per heavy atom. The molecule has 0 aliphatic carbocycles. The van der Waals surface area contributed by atoms with Gasteiger partial charge < -0.3 is 16.0 Å². The van der Waals surface area contributed by atoms with Crippen molar-refractivity contribution in [1.82, 2.24) is 10.6 Å². The summed E-state index contributed by atoms with van der Waals surface area (Å²) >= 11 is 0. The highest BCUT2D eigenvalue weighted by Gasteiger charge is 2.10. The van der Waals surface area contributed by atoms with Gasteiger partial charge in [-0.1, -0.05) is 12.1 Å². The van der Waals surface area contributed by atoms with Crippen LogP contribution in [0.4, 0.5) is 10.1 Å². The number of benzene rings is 2. The zero-order chi connectivity index (χ0) is 18.2. The summed E-state index contributed by atoms with van der Waals surface area (Å²) in [5.74, 6) is -1.63. The number of carbonyl (C=O) groups excluding carboxylic acids is 3. The topological polar surface area (TPSA) is 87.3 Å².